The molecule has 0 amide bonds. The highest BCUT2D eigenvalue weighted by atomic mass is 16.5. The highest BCUT2D eigenvalue weighted by Gasteiger charge is 2.19. The Morgan fingerprint density at radius 2 is 1.53 bits per heavy atom. The van der Waals surface area contributed by atoms with Crippen LogP contribution in [0.2, 0.25) is 0 Å². The standard InChI is InChI=1S/C25H18N2O3/c1-28-16-11-15(12-17(13-16)29-2)21-14-23-24(18-7-3-6-10-22(18)30-23)25-26-19-8-4-5-9-20(19)27(21)25/h3-14H,1-2H3. The number of aromatic nitrogens is 2. The molecule has 3 heterocycles. The molecule has 0 spiro atoms. The van der Waals surface area contributed by atoms with Crippen molar-refractivity contribution in [1.29, 1.82) is 0 Å². The van der Waals surface area contributed by atoms with Crippen LogP contribution < -0.4 is 9.47 Å². The maximum atomic E-state index is 6.22. The van der Waals surface area contributed by atoms with Crippen molar-refractivity contribution in [1.82, 2.24) is 9.38 Å². The molecule has 0 atom stereocenters. The van der Waals surface area contributed by atoms with Crippen molar-refractivity contribution in [2.45, 2.75) is 0 Å². The number of pyridine rings is 1. The molecule has 0 aliphatic heterocycles. The van der Waals surface area contributed by atoms with Gasteiger partial charge in [0, 0.05) is 23.1 Å². The summed E-state index contributed by atoms with van der Waals surface area (Å²) in [4.78, 5) is 4.98. The van der Waals surface area contributed by atoms with Crippen LogP contribution in [0.5, 0.6) is 11.5 Å². The van der Waals surface area contributed by atoms with Gasteiger partial charge in [0.25, 0.3) is 0 Å². The number of fused-ring (bicyclic) bond motifs is 7. The predicted octanol–water partition coefficient (Wildman–Crippen LogP) is 6.07. The summed E-state index contributed by atoms with van der Waals surface area (Å²) >= 11 is 0. The summed E-state index contributed by atoms with van der Waals surface area (Å²) in [6.07, 6.45) is 0. The molecule has 0 bridgehead atoms. The number of nitrogens with zero attached hydrogens (tertiary/aromatic N) is 2. The molecule has 5 nitrogen and oxygen atoms in total. The van der Waals surface area contributed by atoms with E-state index >= 15 is 0 Å². The van der Waals surface area contributed by atoms with E-state index in [1.165, 1.54) is 0 Å². The second kappa shape index (κ2) is 6.26. The zero-order chi connectivity index (χ0) is 20.2. The highest BCUT2D eigenvalue weighted by molar-refractivity contribution is 6.14. The third kappa shape index (κ3) is 2.32. The Hall–Kier alpha value is -3.99. The van der Waals surface area contributed by atoms with Crippen LogP contribution in [0.1, 0.15) is 0 Å². The second-order valence-corrected chi connectivity index (χ2v) is 7.23. The Kier molecular flexibility index (Phi) is 3.53. The van der Waals surface area contributed by atoms with E-state index in [2.05, 4.69) is 22.6 Å². The maximum Gasteiger partial charge on any atom is 0.150 e. The minimum atomic E-state index is 0.728. The van der Waals surface area contributed by atoms with E-state index in [-0.39, 0.29) is 0 Å². The third-order valence-corrected chi connectivity index (χ3v) is 5.56. The number of benzene rings is 3. The molecule has 6 aromatic rings. The molecule has 3 aromatic heterocycles. The minimum Gasteiger partial charge on any atom is -0.497 e. The van der Waals surface area contributed by atoms with Gasteiger partial charge in [0.2, 0.25) is 0 Å². The zero-order valence-electron chi connectivity index (χ0n) is 16.5. The first kappa shape index (κ1) is 16.9. The van der Waals surface area contributed by atoms with Crippen LogP contribution in [0.3, 0.4) is 0 Å². The van der Waals surface area contributed by atoms with Crippen LogP contribution in [0.15, 0.2) is 77.2 Å². The quantitative estimate of drug-likeness (QED) is 0.365. The summed E-state index contributed by atoms with van der Waals surface area (Å²) in [5, 5.41) is 2.07. The van der Waals surface area contributed by atoms with Crippen LogP contribution in [0.25, 0.3) is 49.9 Å². The minimum absolute atomic E-state index is 0.728. The van der Waals surface area contributed by atoms with Crippen molar-refractivity contribution in [3.05, 3.63) is 72.8 Å². The van der Waals surface area contributed by atoms with E-state index in [1.807, 2.05) is 54.6 Å². The lowest BCUT2D eigenvalue weighted by atomic mass is 10.1. The Labute approximate surface area is 172 Å². The summed E-state index contributed by atoms with van der Waals surface area (Å²) in [6, 6.07) is 24.2. The van der Waals surface area contributed by atoms with E-state index < -0.39 is 0 Å². The highest BCUT2D eigenvalue weighted by Crippen LogP contribution is 2.38. The molecule has 0 radical (unpaired) electrons. The smallest absolute Gasteiger partial charge is 0.150 e. The van der Waals surface area contributed by atoms with Gasteiger partial charge in [-0.05, 0) is 30.3 Å². The second-order valence-electron chi connectivity index (χ2n) is 7.23. The first-order valence-electron chi connectivity index (χ1n) is 9.72. The molecule has 0 N–H and O–H groups in total. The van der Waals surface area contributed by atoms with Gasteiger partial charge in [-0.25, -0.2) is 4.98 Å². The van der Waals surface area contributed by atoms with Crippen LogP contribution in [-0.2, 0) is 0 Å². The summed E-state index contributed by atoms with van der Waals surface area (Å²) in [7, 11) is 3.31. The van der Waals surface area contributed by atoms with Crippen molar-refractivity contribution in [3.63, 3.8) is 0 Å². The lowest BCUT2D eigenvalue weighted by Gasteiger charge is -2.11. The Morgan fingerprint density at radius 1 is 0.800 bits per heavy atom. The number of hydrogen-bond acceptors (Lipinski definition) is 4. The average molecular weight is 394 g/mol. The van der Waals surface area contributed by atoms with Crippen molar-refractivity contribution in [3.8, 4) is 22.8 Å². The van der Waals surface area contributed by atoms with Gasteiger partial charge in [-0.3, -0.25) is 4.40 Å². The van der Waals surface area contributed by atoms with Crippen molar-refractivity contribution in [2.24, 2.45) is 0 Å². The van der Waals surface area contributed by atoms with Crippen molar-refractivity contribution < 1.29 is 13.9 Å². The number of imidazole rings is 1. The molecule has 30 heavy (non-hydrogen) atoms. The fourth-order valence-corrected chi connectivity index (χ4v) is 4.19. The number of para-hydroxylation sites is 3. The molecule has 0 unspecified atom stereocenters. The molecule has 146 valence electrons. The average Bonchev–Trinajstić information content (AvgIpc) is 3.36. The molecule has 0 fully saturated rings. The van der Waals surface area contributed by atoms with E-state index in [0.717, 1.165) is 61.4 Å². The summed E-state index contributed by atoms with van der Waals surface area (Å²) in [5.74, 6) is 1.46. The van der Waals surface area contributed by atoms with Crippen LogP contribution in [0, 0.1) is 0 Å². The number of furan rings is 1. The number of ether oxygens (including phenoxy) is 2. The molecule has 0 aliphatic rings. The monoisotopic (exact) mass is 394 g/mol. The van der Waals surface area contributed by atoms with Gasteiger partial charge in [-0.1, -0.05) is 30.3 Å². The summed E-state index contributed by atoms with van der Waals surface area (Å²) in [5.41, 5.74) is 6.42. The number of rotatable bonds is 3. The molecule has 0 aliphatic carbocycles. The topological polar surface area (TPSA) is 48.9 Å². The molecule has 3 aromatic carbocycles. The first-order valence-corrected chi connectivity index (χ1v) is 9.72. The Morgan fingerprint density at radius 3 is 2.33 bits per heavy atom. The van der Waals surface area contributed by atoms with E-state index in [9.17, 15) is 0 Å². The van der Waals surface area contributed by atoms with Gasteiger partial charge in [-0.15, -0.1) is 0 Å². The van der Waals surface area contributed by atoms with Gasteiger partial charge in [0.05, 0.1) is 36.3 Å². The Bertz CT molecular complexity index is 1550. The SMILES string of the molecule is COc1cc(OC)cc(-c2cc3oc4ccccc4c3c3nc4ccccc4n23)c1. The zero-order valence-corrected chi connectivity index (χ0v) is 16.5. The van der Waals surface area contributed by atoms with Crippen molar-refractivity contribution in [2.75, 3.05) is 14.2 Å². The maximum absolute atomic E-state index is 6.22. The normalized spacial score (nSPS) is 11.7. The van der Waals surface area contributed by atoms with Crippen molar-refractivity contribution >= 4 is 38.6 Å². The summed E-state index contributed by atoms with van der Waals surface area (Å²) in [6.45, 7) is 0. The summed E-state index contributed by atoms with van der Waals surface area (Å²) < 4.78 is 19.4. The molecule has 6 rings (SSSR count). The number of methoxy groups -OCH3 is 2. The lowest BCUT2D eigenvalue weighted by molar-refractivity contribution is 0.394. The van der Waals surface area contributed by atoms with Gasteiger partial charge >= 0.3 is 0 Å². The van der Waals surface area contributed by atoms with Gasteiger partial charge in [-0.2, -0.15) is 0 Å². The van der Waals surface area contributed by atoms with Crippen LogP contribution in [0.4, 0.5) is 0 Å². The molecular weight excluding hydrogens is 376 g/mol. The fourth-order valence-electron chi connectivity index (χ4n) is 4.19. The van der Waals surface area contributed by atoms with E-state index in [1.54, 1.807) is 14.2 Å². The van der Waals surface area contributed by atoms with E-state index in [0.29, 0.717) is 0 Å². The largest absolute Gasteiger partial charge is 0.497 e. The van der Waals surface area contributed by atoms with E-state index in [4.69, 9.17) is 18.9 Å². The third-order valence-electron chi connectivity index (χ3n) is 5.56. The molecule has 0 saturated carbocycles. The molecule has 0 saturated heterocycles. The fraction of sp³-hybridized carbons (Fsp3) is 0.0800. The number of hydrogen-bond donors (Lipinski definition) is 0. The molecular formula is C25H18N2O3. The predicted molar refractivity (Wildman–Crippen MR) is 119 cm³/mol. The van der Waals surface area contributed by atoms with Gasteiger partial charge in [0.1, 0.15) is 28.3 Å². The van der Waals surface area contributed by atoms with Crippen LogP contribution in [-0.4, -0.2) is 23.6 Å². The first-order chi connectivity index (χ1) is 14.8. The Balaban J connectivity index is 1.83. The van der Waals surface area contributed by atoms with Gasteiger partial charge < -0.3 is 13.9 Å². The van der Waals surface area contributed by atoms with Crippen LogP contribution >= 0.6 is 0 Å². The lowest BCUT2D eigenvalue weighted by Crippen LogP contribution is -1.95. The molecule has 5 heteroatoms. The van der Waals surface area contributed by atoms with Gasteiger partial charge in [0.15, 0.2) is 0 Å².